The predicted octanol–water partition coefficient (Wildman–Crippen LogP) is 3.21. The third kappa shape index (κ3) is 4.70. The van der Waals surface area contributed by atoms with E-state index in [9.17, 15) is 4.79 Å². The molecule has 1 amide bonds. The molecule has 2 aliphatic rings. The molecule has 2 fully saturated rings. The molecule has 0 aromatic heterocycles. The maximum Gasteiger partial charge on any atom is 0.233 e. The van der Waals surface area contributed by atoms with Crippen LogP contribution in [0, 0.1) is 6.92 Å². The Morgan fingerprint density at radius 2 is 1.80 bits per heavy atom. The number of hydrogen-bond donors (Lipinski definition) is 0. The van der Waals surface area contributed by atoms with Gasteiger partial charge in [0.05, 0.1) is 10.6 Å². The smallest absolute Gasteiger partial charge is 0.233 e. The summed E-state index contributed by atoms with van der Waals surface area (Å²) in [5, 5.41) is 0. The molecule has 5 heteroatoms. The quantitative estimate of drug-likeness (QED) is 0.727. The molecule has 4 nitrogen and oxygen atoms in total. The Morgan fingerprint density at radius 3 is 2.44 bits per heavy atom. The summed E-state index contributed by atoms with van der Waals surface area (Å²) in [6, 6.07) is 8.80. The average Bonchev–Trinajstić information content (AvgIpc) is 2.85. The maximum absolute atomic E-state index is 12.0. The number of carbonyl (C=O) groups is 1. The van der Waals surface area contributed by atoms with Crippen molar-refractivity contribution in [1.29, 1.82) is 0 Å². The maximum atomic E-state index is 12.0. The van der Waals surface area contributed by atoms with E-state index >= 15 is 0 Å². The molecule has 0 spiro atoms. The number of anilines is 1. The Hall–Kier alpha value is -1.20. The Labute approximate surface area is 156 Å². The zero-order valence-electron chi connectivity index (χ0n) is 15.8. The Morgan fingerprint density at radius 1 is 1.08 bits per heavy atom. The van der Waals surface area contributed by atoms with Gasteiger partial charge in [0.15, 0.2) is 0 Å². The average molecular weight is 362 g/mol. The number of hydrogen-bond acceptors (Lipinski definition) is 4. The molecule has 0 atom stereocenters. The van der Waals surface area contributed by atoms with E-state index in [-0.39, 0.29) is 4.87 Å². The number of nitrogens with zero attached hydrogens (tertiary/aromatic N) is 3. The largest absolute Gasteiger partial charge is 0.369 e. The van der Waals surface area contributed by atoms with Gasteiger partial charge in [-0.15, -0.1) is 11.8 Å². The zero-order valence-corrected chi connectivity index (χ0v) is 16.6. The van der Waals surface area contributed by atoms with Crippen molar-refractivity contribution in [3.8, 4) is 0 Å². The molecule has 0 radical (unpaired) electrons. The van der Waals surface area contributed by atoms with Crippen LogP contribution in [0.4, 0.5) is 5.69 Å². The minimum atomic E-state index is -0.0173. The molecule has 0 saturated carbocycles. The van der Waals surface area contributed by atoms with Crippen molar-refractivity contribution < 1.29 is 4.79 Å². The third-order valence-electron chi connectivity index (χ3n) is 5.35. The third-order valence-corrected chi connectivity index (χ3v) is 6.66. The van der Waals surface area contributed by atoms with Crippen LogP contribution in [0.15, 0.2) is 24.3 Å². The first-order valence-corrected chi connectivity index (χ1v) is 10.4. The second-order valence-corrected chi connectivity index (χ2v) is 9.23. The van der Waals surface area contributed by atoms with Crippen LogP contribution in [-0.4, -0.2) is 65.6 Å². The first-order valence-electron chi connectivity index (χ1n) is 9.44. The highest BCUT2D eigenvalue weighted by Crippen LogP contribution is 2.35. The van der Waals surface area contributed by atoms with E-state index in [0.717, 1.165) is 45.7 Å². The van der Waals surface area contributed by atoms with E-state index in [4.69, 9.17) is 0 Å². The normalized spacial score (nSPS) is 21.2. The van der Waals surface area contributed by atoms with Gasteiger partial charge in [-0.25, -0.2) is 0 Å². The first-order chi connectivity index (χ1) is 12.0. The van der Waals surface area contributed by atoms with Crippen LogP contribution < -0.4 is 4.90 Å². The fourth-order valence-corrected chi connectivity index (χ4v) is 4.73. The van der Waals surface area contributed by atoms with Gasteiger partial charge < -0.3 is 9.80 Å². The van der Waals surface area contributed by atoms with Crippen LogP contribution in [0.3, 0.4) is 0 Å². The van der Waals surface area contributed by atoms with Crippen LogP contribution in [0.5, 0.6) is 0 Å². The van der Waals surface area contributed by atoms with Gasteiger partial charge in [-0.2, -0.15) is 0 Å². The lowest BCUT2D eigenvalue weighted by Crippen LogP contribution is -2.46. The summed E-state index contributed by atoms with van der Waals surface area (Å²) in [6.07, 6.45) is 2.28. The van der Waals surface area contributed by atoms with Crippen LogP contribution in [-0.2, 0) is 4.79 Å². The van der Waals surface area contributed by atoms with E-state index in [1.807, 2.05) is 0 Å². The van der Waals surface area contributed by atoms with Crippen LogP contribution in [0.1, 0.15) is 32.3 Å². The van der Waals surface area contributed by atoms with Gasteiger partial charge in [0.25, 0.3) is 0 Å². The van der Waals surface area contributed by atoms with E-state index < -0.39 is 0 Å². The topological polar surface area (TPSA) is 26.8 Å². The fraction of sp³-hybridized carbons (Fsp3) is 0.650. The highest BCUT2D eigenvalue weighted by Gasteiger charge is 2.37. The summed E-state index contributed by atoms with van der Waals surface area (Å²) in [5.41, 5.74) is 2.68. The van der Waals surface area contributed by atoms with E-state index in [1.54, 1.807) is 11.8 Å². The lowest BCUT2D eigenvalue weighted by Gasteiger charge is -2.36. The molecule has 0 N–H and O–H groups in total. The van der Waals surface area contributed by atoms with Gasteiger partial charge in [0, 0.05) is 38.4 Å². The molecule has 2 heterocycles. The Bertz CT molecular complexity index is 596. The molecule has 0 unspecified atom stereocenters. The van der Waals surface area contributed by atoms with Gasteiger partial charge >= 0.3 is 0 Å². The van der Waals surface area contributed by atoms with Crippen molar-refractivity contribution in [1.82, 2.24) is 9.80 Å². The summed E-state index contributed by atoms with van der Waals surface area (Å²) in [7, 11) is 0. The summed E-state index contributed by atoms with van der Waals surface area (Å²) in [6.45, 7) is 13.0. The first kappa shape index (κ1) is 18.6. The fourth-order valence-electron chi connectivity index (χ4n) is 3.75. The van der Waals surface area contributed by atoms with Crippen molar-refractivity contribution >= 4 is 23.4 Å². The molecular weight excluding hydrogens is 330 g/mol. The SMILES string of the molecule is Cc1cccc(N2CCN(CCCCN3C(=O)CSC3(C)C)CC2)c1. The second-order valence-electron chi connectivity index (χ2n) is 7.66. The van der Waals surface area contributed by atoms with Gasteiger partial charge in [0.1, 0.15) is 0 Å². The van der Waals surface area contributed by atoms with Gasteiger partial charge in [-0.3, -0.25) is 9.69 Å². The second kappa shape index (κ2) is 8.00. The predicted molar refractivity (Wildman–Crippen MR) is 107 cm³/mol. The molecule has 0 bridgehead atoms. The van der Waals surface area contributed by atoms with Crippen molar-refractivity contribution in [2.45, 2.75) is 38.5 Å². The van der Waals surface area contributed by atoms with Crippen molar-refractivity contribution in [2.75, 3.05) is 49.9 Å². The number of thioether (sulfide) groups is 1. The summed E-state index contributed by atoms with van der Waals surface area (Å²) in [5.74, 6) is 0.954. The van der Waals surface area contributed by atoms with Gasteiger partial charge in [-0.1, -0.05) is 12.1 Å². The molecule has 2 saturated heterocycles. The number of benzene rings is 1. The molecule has 1 aromatic carbocycles. The molecule has 25 heavy (non-hydrogen) atoms. The number of rotatable bonds is 6. The van der Waals surface area contributed by atoms with Crippen molar-refractivity contribution in [2.24, 2.45) is 0 Å². The molecule has 1 aromatic rings. The number of piperazine rings is 1. The van der Waals surface area contributed by atoms with Crippen molar-refractivity contribution in [3.05, 3.63) is 29.8 Å². The minimum Gasteiger partial charge on any atom is -0.369 e. The standard InChI is InChI=1S/C20H31N3OS/c1-17-7-6-8-18(15-17)22-13-11-21(12-14-22)9-4-5-10-23-19(24)16-25-20(23,2)3/h6-8,15H,4-5,9-14,16H2,1-3H3. The van der Waals surface area contributed by atoms with Crippen molar-refractivity contribution in [3.63, 3.8) is 0 Å². The number of aryl methyl sites for hydroxylation is 1. The van der Waals surface area contributed by atoms with Crippen LogP contribution in [0.2, 0.25) is 0 Å². The number of unbranched alkanes of at least 4 members (excludes halogenated alkanes) is 1. The molecule has 0 aliphatic carbocycles. The lowest BCUT2D eigenvalue weighted by molar-refractivity contribution is -0.129. The summed E-state index contributed by atoms with van der Waals surface area (Å²) >= 11 is 1.76. The van der Waals surface area contributed by atoms with E-state index in [0.29, 0.717) is 11.7 Å². The number of carbonyl (C=O) groups excluding carboxylic acids is 1. The summed E-state index contributed by atoms with van der Waals surface area (Å²) in [4.78, 5) is 19.1. The van der Waals surface area contributed by atoms with Crippen LogP contribution >= 0.6 is 11.8 Å². The highest BCUT2D eigenvalue weighted by atomic mass is 32.2. The zero-order chi connectivity index (χ0) is 17.9. The molecule has 138 valence electrons. The monoisotopic (exact) mass is 361 g/mol. The molecule has 2 aliphatic heterocycles. The van der Waals surface area contributed by atoms with Crippen LogP contribution in [0.25, 0.3) is 0 Å². The molecule has 3 rings (SSSR count). The Balaban J connectivity index is 1.36. The highest BCUT2D eigenvalue weighted by molar-refractivity contribution is 8.01. The van der Waals surface area contributed by atoms with Gasteiger partial charge in [0.2, 0.25) is 5.91 Å². The lowest BCUT2D eigenvalue weighted by atomic mass is 10.2. The van der Waals surface area contributed by atoms with E-state index in [1.165, 1.54) is 17.7 Å². The van der Waals surface area contributed by atoms with E-state index in [2.05, 4.69) is 59.7 Å². The summed E-state index contributed by atoms with van der Waals surface area (Å²) < 4.78 is 0. The van der Waals surface area contributed by atoms with Gasteiger partial charge in [-0.05, 0) is 57.9 Å². The number of amides is 1. The molecular formula is C20H31N3OS. The minimum absolute atomic E-state index is 0.0173. The Kier molecular flexibility index (Phi) is 5.95.